The lowest BCUT2D eigenvalue weighted by Gasteiger charge is -1.99. The Hall–Kier alpha value is -1.21. The van der Waals surface area contributed by atoms with Crippen molar-refractivity contribution < 1.29 is 12.8 Å². The van der Waals surface area contributed by atoms with Crippen LogP contribution in [0.4, 0.5) is 0 Å². The second kappa shape index (κ2) is 4.42. The highest BCUT2D eigenvalue weighted by Crippen LogP contribution is 2.42. The van der Waals surface area contributed by atoms with Crippen molar-refractivity contribution in [3.05, 3.63) is 28.9 Å². The van der Waals surface area contributed by atoms with Crippen molar-refractivity contribution in [3.63, 3.8) is 0 Å². The third-order valence-electron chi connectivity index (χ3n) is 2.92. The van der Waals surface area contributed by atoms with Crippen LogP contribution in [0.3, 0.4) is 0 Å². The van der Waals surface area contributed by atoms with E-state index >= 15 is 0 Å². The van der Waals surface area contributed by atoms with Gasteiger partial charge >= 0.3 is 0 Å². The molecule has 7 heteroatoms. The summed E-state index contributed by atoms with van der Waals surface area (Å²) in [6, 6.07) is 3.16. The van der Waals surface area contributed by atoms with E-state index in [1.165, 1.54) is 12.3 Å². The first-order chi connectivity index (χ1) is 8.95. The molecule has 0 radical (unpaired) electrons. The smallest absolute Gasteiger partial charge is 0.199 e. The van der Waals surface area contributed by atoms with Crippen LogP contribution in [-0.2, 0) is 9.84 Å². The number of oxazole rings is 1. The van der Waals surface area contributed by atoms with Crippen LogP contribution < -0.4 is 0 Å². The Kier molecular flexibility index (Phi) is 2.98. The molecule has 2 aromatic rings. The van der Waals surface area contributed by atoms with E-state index in [0.29, 0.717) is 16.3 Å². The van der Waals surface area contributed by atoms with Crippen molar-refractivity contribution >= 4 is 25.8 Å². The fraction of sp³-hybridized carbons (Fsp3) is 0.333. The topological polar surface area (TPSA) is 73.1 Å². The van der Waals surface area contributed by atoms with Gasteiger partial charge in [-0.1, -0.05) is 0 Å². The summed E-state index contributed by atoms with van der Waals surface area (Å²) in [5.41, 5.74) is 1.39. The minimum absolute atomic E-state index is 0.0540. The summed E-state index contributed by atoms with van der Waals surface area (Å²) >= 11 is 3.33. The van der Waals surface area contributed by atoms with E-state index in [9.17, 15) is 8.42 Å². The van der Waals surface area contributed by atoms with E-state index in [0.717, 1.165) is 30.6 Å². The van der Waals surface area contributed by atoms with Crippen molar-refractivity contribution in [1.29, 1.82) is 0 Å². The fourth-order valence-corrected chi connectivity index (χ4v) is 2.78. The van der Waals surface area contributed by atoms with Crippen molar-refractivity contribution in [2.75, 3.05) is 6.26 Å². The summed E-state index contributed by atoms with van der Waals surface area (Å²) in [5, 5.41) is 0.0540. The van der Waals surface area contributed by atoms with Crippen LogP contribution in [0.2, 0.25) is 0 Å². The molecule has 5 nitrogen and oxygen atoms in total. The van der Waals surface area contributed by atoms with Gasteiger partial charge in [0.05, 0.1) is 0 Å². The van der Waals surface area contributed by atoms with Gasteiger partial charge in [0.15, 0.2) is 25.4 Å². The predicted molar refractivity (Wildman–Crippen MR) is 72.5 cm³/mol. The Bertz CT molecular complexity index is 718. The summed E-state index contributed by atoms with van der Waals surface area (Å²) in [6.45, 7) is 0. The zero-order valence-electron chi connectivity index (χ0n) is 10.1. The number of pyridine rings is 1. The molecule has 0 unspecified atom stereocenters. The maximum absolute atomic E-state index is 11.3. The van der Waals surface area contributed by atoms with Gasteiger partial charge in [-0.2, -0.15) is 0 Å². The molecule has 1 fully saturated rings. The van der Waals surface area contributed by atoms with Gasteiger partial charge in [-0.05, 0) is 40.9 Å². The molecule has 0 amide bonds. The number of hydrogen-bond acceptors (Lipinski definition) is 5. The molecule has 0 aliphatic heterocycles. The molecule has 100 valence electrons. The van der Waals surface area contributed by atoms with Gasteiger partial charge in [0.2, 0.25) is 0 Å². The van der Waals surface area contributed by atoms with Gasteiger partial charge < -0.3 is 4.42 Å². The summed E-state index contributed by atoms with van der Waals surface area (Å²) < 4.78 is 28.8. The first kappa shape index (κ1) is 12.8. The van der Waals surface area contributed by atoms with Crippen LogP contribution in [0.5, 0.6) is 0 Å². The monoisotopic (exact) mass is 342 g/mol. The Morgan fingerprint density at radius 3 is 2.63 bits per heavy atom. The van der Waals surface area contributed by atoms with Crippen molar-refractivity contribution in [2.24, 2.45) is 0 Å². The Balaban J connectivity index is 1.98. The largest absolute Gasteiger partial charge is 0.433 e. The van der Waals surface area contributed by atoms with E-state index < -0.39 is 9.84 Å². The fourth-order valence-electron chi connectivity index (χ4n) is 1.74. The van der Waals surface area contributed by atoms with Crippen molar-refractivity contribution in [1.82, 2.24) is 9.97 Å². The minimum atomic E-state index is -3.28. The summed E-state index contributed by atoms with van der Waals surface area (Å²) in [5.74, 6) is 1.15. The van der Waals surface area contributed by atoms with E-state index in [1.54, 1.807) is 6.07 Å². The quantitative estimate of drug-likeness (QED) is 0.857. The molecule has 1 saturated carbocycles. The van der Waals surface area contributed by atoms with Crippen molar-refractivity contribution in [2.45, 2.75) is 23.8 Å². The normalized spacial score (nSPS) is 15.7. The standard InChI is InChI=1S/C12H11BrN2O3S/c1-19(16,17)9-5-4-8(6-14-9)10-11(13)18-12(15-10)7-2-3-7/h4-7H,2-3H2,1H3. The molecular formula is C12H11BrN2O3S. The van der Waals surface area contributed by atoms with Gasteiger partial charge in [0, 0.05) is 23.9 Å². The number of aromatic nitrogens is 2. The number of halogens is 1. The van der Waals surface area contributed by atoms with E-state index in [2.05, 4.69) is 25.9 Å². The molecule has 2 aromatic heterocycles. The molecule has 1 aliphatic carbocycles. The Morgan fingerprint density at radius 2 is 2.11 bits per heavy atom. The summed E-state index contributed by atoms with van der Waals surface area (Å²) in [6.07, 6.45) is 4.84. The number of sulfone groups is 1. The first-order valence-electron chi connectivity index (χ1n) is 5.78. The van der Waals surface area contributed by atoms with Crippen LogP contribution >= 0.6 is 15.9 Å². The molecule has 1 aliphatic rings. The molecule has 0 aromatic carbocycles. The lowest BCUT2D eigenvalue weighted by Crippen LogP contribution is -1.99. The average Bonchev–Trinajstić information content (AvgIpc) is 3.12. The average molecular weight is 343 g/mol. The third-order valence-corrected chi connectivity index (χ3v) is 4.46. The van der Waals surface area contributed by atoms with E-state index in [1.807, 2.05) is 0 Å². The highest BCUT2D eigenvalue weighted by molar-refractivity contribution is 9.10. The van der Waals surface area contributed by atoms with Crippen LogP contribution in [0.1, 0.15) is 24.7 Å². The molecule has 0 bridgehead atoms. The minimum Gasteiger partial charge on any atom is -0.433 e. The van der Waals surface area contributed by atoms with E-state index in [-0.39, 0.29) is 5.03 Å². The Morgan fingerprint density at radius 1 is 1.37 bits per heavy atom. The Labute approximate surface area is 119 Å². The van der Waals surface area contributed by atoms with Crippen LogP contribution in [-0.4, -0.2) is 24.6 Å². The van der Waals surface area contributed by atoms with Gasteiger partial charge in [-0.3, -0.25) is 0 Å². The highest BCUT2D eigenvalue weighted by Gasteiger charge is 2.30. The van der Waals surface area contributed by atoms with E-state index in [4.69, 9.17) is 4.42 Å². The summed E-state index contributed by atoms with van der Waals surface area (Å²) in [7, 11) is -3.28. The molecule has 0 saturated heterocycles. The van der Waals surface area contributed by atoms with Gasteiger partial charge in [0.1, 0.15) is 5.69 Å². The number of nitrogens with zero attached hydrogens (tertiary/aromatic N) is 2. The lowest BCUT2D eigenvalue weighted by molar-refractivity contribution is 0.478. The van der Waals surface area contributed by atoms with Crippen LogP contribution in [0.15, 0.2) is 32.4 Å². The maximum atomic E-state index is 11.3. The first-order valence-corrected chi connectivity index (χ1v) is 8.46. The SMILES string of the molecule is CS(=O)(=O)c1ccc(-c2nc(C3CC3)oc2Br)cn1. The molecule has 19 heavy (non-hydrogen) atoms. The molecule has 3 rings (SSSR count). The second-order valence-corrected chi connectivity index (χ2v) is 7.29. The lowest BCUT2D eigenvalue weighted by atomic mass is 10.2. The zero-order valence-corrected chi connectivity index (χ0v) is 12.5. The highest BCUT2D eigenvalue weighted by atomic mass is 79.9. The second-order valence-electron chi connectivity index (χ2n) is 4.61. The number of rotatable bonds is 3. The van der Waals surface area contributed by atoms with Gasteiger partial charge in [0.25, 0.3) is 0 Å². The molecule has 0 spiro atoms. The van der Waals surface area contributed by atoms with Crippen LogP contribution in [0, 0.1) is 0 Å². The number of hydrogen-bond donors (Lipinski definition) is 0. The van der Waals surface area contributed by atoms with Gasteiger partial charge in [-0.15, -0.1) is 0 Å². The van der Waals surface area contributed by atoms with Crippen LogP contribution in [0.25, 0.3) is 11.3 Å². The van der Waals surface area contributed by atoms with Gasteiger partial charge in [-0.25, -0.2) is 18.4 Å². The predicted octanol–water partition coefficient (Wildman–Crippen LogP) is 2.78. The molecule has 2 heterocycles. The molecule has 0 atom stereocenters. The third kappa shape index (κ3) is 2.57. The molecular weight excluding hydrogens is 332 g/mol. The maximum Gasteiger partial charge on any atom is 0.199 e. The molecule has 0 N–H and O–H groups in total. The van der Waals surface area contributed by atoms with Crippen molar-refractivity contribution in [3.8, 4) is 11.3 Å². The zero-order chi connectivity index (χ0) is 13.6. The summed E-state index contributed by atoms with van der Waals surface area (Å²) in [4.78, 5) is 8.38.